The van der Waals surface area contributed by atoms with Crippen molar-refractivity contribution in [1.82, 2.24) is 4.98 Å². The van der Waals surface area contributed by atoms with Gasteiger partial charge in [0.15, 0.2) is 6.29 Å². The predicted octanol–water partition coefficient (Wildman–Crippen LogP) is 1.18. The first-order valence-corrected chi connectivity index (χ1v) is 5.16. The summed E-state index contributed by atoms with van der Waals surface area (Å²) in [7, 11) is 0. The third kappa shape index (κ3) is 2.72. The van der Waals surface area contributed by atoms with Gasteiger partial charge in [0.2, 0.25) is 0 Å². The molecule has 1 aromatic rings. The predicted molar refractivity (Wildman–Crippen MR) is 58.1 cm³/mol. The smallest absolute Gasteiger partial charge is 0.341 e. The SMILES string of the molecule is CCOC(=O)c1c[nH]c(C=O)c1C(=O)OCC. The van der Waals surface area contributed by atoms with Crippen molar-refractivity contribution in [3.05, 3.63) is 23.0 Å². The lowest BCUT2D eigenvalue weighted by molar-refractivity contribution is 0.0479. The first-order chi connectivity index (χ1) is 8.15. The van der Waals surface area contributed by atoms with Crippen LogP contribution in [0.25, 0.3) is 0 Å². The molecule has 17 heavy (non-hydrogen) atoms. The molecule has 0 saturated carbocycles. The fourth-order valence-corrected chi connectivity index (χ4v) is 1.33. The Hall–Kier alpha value is -2.11. The van der Waals surface area contributed by atoms with Crippen LogP contribution in [-0.4, -0.2) is 36.4 Å². The van der Waals surface area contributed by atoms with Gasteiger partial charge in [-0.05, 0) is 13.8 Å². The maximum atomic E-state index is 11.6. The van der Waals surface area contributed by atoms with E-state index in [0.717, 1.165) is 0 Å². The summed E-state index contributed by atoms with van der Waals surface area (Å²) in [5, 5.41) is 0. The van der Waals surface area contributed by atoms with Crippen LogP contribution in [0, 0.1) is 0 Å². The summed E-state index contributed by atoms with van der Waals surface area (Å²) < 4.78 is 9.54. The number of aldehydes is 1. The van der Waals surface area contributed by atoms with Gasteiger partial charge in [0.1, 0.15) is 5.56 Å². The minimum absolute atomic E-state index is 0.00602. The maximum Gasteiger partial charge on any atom is 0.341 e. The molecule has 0 saturated heterocycles. The van der Waals surface area contributed by atoms with Crippen molar-refractivity contribution in [2.24, 2.45) is 0 Å². The Balaban J connectivity index is 3.14. The lowest BCUT2D eigenvalue weighted by Crippen LogP contribution is -2.13. The first-order valence-electron chi connectivity index (χ1n) is 5.16. The molecule has 1 heterocycles. The quantitative estimate of drug-likeness (QED) is 0.616. The summed E-state index contributed by atoms with van der Waals surface area (Å²) in [6.07, 6.45) is 1.71. The molecule has 1 N–H and O–H groups in total. The van der Waals surface area contributed by atoms with Crippen molar-refractivity contribution < 1.29 is 23.9 Å². The van der Waals surface area contributed by atoms with Gasteiger partial charge in [0.25, 0.3) is 0 Å². The molecule has 0 aromatic carbocycles. The van der Waals surface area contributed by atoms with Gasteiger partial charge < -0.3 is 14.5 Å². The van der Waals surface area contributed by atoms with E-state index in [2.05, 4.69) is 4.98 Å². The number of carbonyl (C=O) groups is 3. The lowest BCUT2D eigenvalue weighted by atomic mass is 10.1. The molecule has 6 heteroatoms. The van der Waals surface area contributed by atoms with Crippen molar-refractivity contribution in [2.75, 3.05) is 13.2 Å². The monoisotopic (exact) mass is 239 g/mol. The van der Waals surface area contributed by atoms with Crippen molar-refractivity contribution >= 4 is 18.2 Å². The van der Waals surface area contributed by atoms with E-state index in [-0.39, 0.29) is 30.0 Å². The summed E-state index contributed by atoms with van der Waals surface area (Å²) in [5.74, 6) is -1.39. The molecule has 0 atom stereocenters. The Kier molecular flexibility index (Phi) is 4.45. The highest BCUT2D eigenvalue weighted by molar-refractivity contribution is 6.07. The van der Waals surface area contributed by atoms with E-state index in [9.17, 15) is 14.4 Å². The zero-order chi connectivity index (χ0) is 12.8. The highest BCUT2D eigenvalue weighted by Gasteiger charge is 2.24. The molecule has 1 aromatic heterocycles. The average molecular weight is 239 g/mol. The Morgan fingerprint density at radius 2 is 1.82 bits per heavy atom. The summed E-state index contributed by atoms with van der Waals surface area (Å²) in [6, 6.07) is 0. The summed E-state index contributed by atoms with van der Waals surface area (Å²) >= 11 is 0. The Bertz CT molecular complexity index is 435. The molecule has 0 spiro atoms. The maximum absolute atomic E-state index is 11.6. The van der Waals surface area contributed by atoms with Crippen LogP contribution < -0.4 is 0 Å². The Morgan fingerprint density at radius 1 is 1.24 bits per heavy atom. The number of esters is 2. The van der Waals surface area contributed by atoms with E-state index in [0.29, 0.717) is 6.29 Å². The molecule has 0 aliphatic rings. The van der Waals surface area contributed by atoms with Gasteiger partial charge in [-0.2, -0.15) is 0 Å². The van der Waals surface area contributed by atoms with E-state index in [1.54, 1.807) is 13.8 Å². The molecule has 0 radical (unpaired) electrons. The number of rotatable bonds is 5. The molecule has 0 unspecified atom stereocenters. The summed E-state index contributed by atoms with van der Waals surface area (Å²) in [4.78, 5) is 36.4. The molecule has 0 aliphatic carbocycles. The van der Waals surface area contributed by atoms with Crippen LogP contribution in [0.3, 0.4) is 0 Å². The van der Waals surface area contributed by atoms with Crippen LogP contribution >= 0.6 is 0 Å². The van der Waals surface area contributed by atoms with Crippen LogP contribution in [0.1, 0.15) is 45.1 Å². The van der Waals surface area contributed by atoms with Gasteiger partial charge in [-0.3, -0.25) is 4.79 Å². The molecule has 0 amide bonds. The van der Waals surface area contributed by atoms with E-state index < -0.39 is 11.9 Å². The highest BCUT2D eigenvalue weighted by atomic mass is 16.5. The van der Waals surface area contributed by atoms with Crippen LogP contribution in [0.5, 0.6) is 0 Å². The number of H-pyrrole nitrogens is 1. The topological polar surface area (TPSA) is 85.5 Å². The largest absolute Gasteiger partial charge is 0.462 e. The highest BCUT2D eigenvalue weighted by Crippen LogP contribution is 2.15. The second-order valence-electron chi connectivity index (χ2n) is 3.05. The van der Waals surface area contributed by atoms with Crippen molar-refractivity contribution in [3.63, 3.8) is 0 Å². The number of hydrogen-bond acceptors (Lipinski definition) is 5. The number of carbonyl (C=O) groups excluding carboxylic acids is 3. The fraction of sp³-hybridized carbons (Fsp3) is 0.364. The van der Waals surface area contributed by atoms with Crippen LogP contribution in [-0.2, 0) is 9.47 Å². The first kappa shape index (κ1) is 13.0. The lowest BCUT2D eigenvalue weighted by Gasteiger charge is -2.04. The van der Waals surface area contributed by atoms with Gasteiger partial charge in [-0.1, -0.05) is 0 Å². The normalized spacial score (nSPS) is 9.76. The molecular formula is C11H13NO5. The van der Waals surface area contributed by atoms with E-state index in [4.69, 9.17) is 9.47 Å². The molecular weight excluding hydrogens is 226 g/mol. The molecule has 0 aliphatic heterocycles. The second kappa shape index (κ2) is 5.83. The number of aromatic nitrogens is 1. The number of aromatic amines is 1. The Labute approximate surface area is 97.9 Å². The van der Waals surface area contributed by atoms with E-state index >= 15 is 0 Å². The zero-order valence-electron chi connectivity index (χ0n) is 9.61. The number of ether oxygens (including phenoxy) is 2. The third-order valence-electron chi connectivity index (χ3n) is 2.00. The van der Waals surface area contributed by atoms with E-state index in [1.165, 1.54) is 6.20 Å². The number of hydrogen-bond donors (Lipinski definition) is 1. The van der Waals surface area contributed by atoms with Crippen LogP contribution in [0.4, 0.5) is 0 Å². The second-order valence-corrected chi connectivity index (χ2v) is 3.05. The van der Waals surface area contributed by atoms with Gasteiger partial charge in [0, 0.05) is 6.20 Å². The molecule has 1 rings (SSSR count). The van der Waals surface area contributed by atoms with Gasteiger partial charge in [-0.25, -0.2) is 9.59 Å². The minimum Gasteiger partial charge on any atom is -0.462 e. The standard InChI is InChI=1S/C11H13NO5/c1-3-16-10(14)7-5-12-8(6-13)9(7)11(15)17-4-2/h5-6,12H,3-4H2,1-2H3. The average Bonchev–Trinajstić information content (AvgIpc) is 2.73. The molecule has 92 valence electrons. The van der Waals surface area contributed by atoms with Crippen molar-refractivity contribution in [3.8, 4) is 0 Å². The zero-order valence-corrected chi connectivity index (χ0v) is 9.61. The van der Waals surface area contributed by atoms with Gasteiger partial charge in [-0.15, -0.1) is 0 Å². The summed E-state index contributed by atoms with van der Waals surface area (Å²) in [5.41, 5.74) is -0.0702. The minimum atomic E-state index is -0.723. The summed E-state index contributed by atoms with van der Waals surface area (Å²) in [6.45, 7) is 3.62. The number of nitrogens with one attached hydrogen (secondary N) is 1. The van der Waals surface area contributed by atoms with Crippen LogP contribution in [0.15, 0.2) is 6.20 Å². The molecule has 0 bridgehead atoms. The third-order valence-corrected chi connectivity index (χ3v) is 2.00. The van der Waals surface area contributed by atoms with Crippen molar-refractivity contribution in [2.45, 2.75) is 13.8 Å². The Morgan fingerprint density at radius 3 is 2.35 bits per heavy atom. The molecule has 6 nitrogen and oxygen atoms in total. The van der Waals surface area contributed by atoms with Gasteiger partial charge in [0.05, 0.1) is 24.5 Å². The van der Waals surface area contributed by atoms with E-state index in [1.807, 2.05) is 0 Å². The van der Waals surface area contributed by atoms with Crippen LogP contribution in [0.2, 0.25) is 0 Å². The fourth-order valence-electron chi connectivity index (χ4n) is 1.33. The van der Waals surface area contributed by atoms with Crippen molar-refractivity contribution in [1.29, 1.82) is 0 Å². The van der Waals surface area contributed by atoms with Gasteiger partial charge >= 0.3 is 11.9 Å². The molecule has 0 fully saturated rings.